The highest BCUT2D eigenvalue weighted by Gasteiger charge is 2.28. The number of hydrogen-bond donors (Lipinski definition) is 1. The molecule has 1 N–H and O–H groups in total. The van der Waals surface area contributed by atoms with E-state index in [-0.39, 0.29) is 42.3 Å². The van der Waals surface area contributed by atoms with Crippen LogP contribution in [-0.2, 0) is 19.4 Å². The molecular formula is C17H25N3O4S. The molecule has 1 aromatic carbocycles. The third kappa shape index (κ3) is 5.45. The van der Waals surface area contributed by atoms with E-state index in [1.807, 2.05) is 43.3 Å². The van der Waals surface area contributed by atoms with Crippen molar-refractivity contribution in [2.45, 2.75) is 25.8 Å². The minimum atomic E-state index is -3.02. The fourth-order valence-corrected chi connectivity index (χ4v) is 4.49. The maximum atomic E-state index is 12.1. The Morgan fingerprint density at radius 2 is 1.76 bits per heavy atom. The molecule has 138 valence electrons. The highest BCUT2D eigenvalue weighted by Crippen LogP contribution is 2.20. The molecule has 0 saturated carbocycles. The number of nitrogens with zero attached hydrogens (tertiary/aromatic N) is 2. The predicted octanol–water partition coefficient (Wildman–Crippen LogP) is 0.799. The number of amides is 2. The van der Waals surface area contributed by atoms with Gasteiger partial charge in [0.15, 0.2) is 9.84 Å². The molecule has 1 heterocycles. The lowest BCUT2D eigenvalue weighted by atomic mass is 10.2. The van der Waals surface area contributed by atoms with Crippen LogP contribution in [0, 0.1) is 0 Å². The molecule has 8 heteroatoms. The van der Waals surface area contributed by atoms with Gasteiger partial charge in [0.25, 0.3) is 0 Å². The average Bonchev–Trinajstić information content (AvgIpc) is 2.86. The molecule has 0 bridgehead atoms. The van der Waals surface area contributed by atoms with E-state index >= 15 is 0 Å². The molecule has 1 aliphatic heterocycles. The number of carbonyl (C=O) groups excluding carboxylic acids is 2. The quantitative estimate of drug-likeness (QED) is 0.804. The van der Waals surface area contributed by atoms with E-state index in [0.717, 1.165) is 11.4 Å². The molecule has 7 nitrogen and oxygen atoms in total. The van der Waals surface area contributed by atoms with E-state index in [2.05, 4.69) is 5.32 Å². The summed E-state index contributed by atoms with van der Waals surface area (Å²) in [6.07, 6.45) is 0.585. The summed E-state index contributed by atoms with van der Waals surface area (Å²) in [4.78, 5) is 27.5. The van der Waals surface area contributed by atoms with Crippen LogP contribution in [-0.4, -0.2) is 58.4 Å². The number of rotatable bonds is 6. The van der Waals surface area contributed by atoms with E-state index in [9.17, 15) is 18.0 Å². The lowest BCUT2D eigenvalue weighted by Gasteiger charge is -2.22. The van der Waals surface area contributed by atoms with Crippen molar-refractivity contribution in [2.24, 2.45) is 0 Å². The van der Waals surface area contributed by atoms with Gasteiger partial charge in [0, 0.05) is 51.4 Å². The van der Waals surface area contributed by atoms with Gasteiger partial charge in [-0.15, -0.1) is 0 Å². The van der Waals surface area contributed by atoms with Gasteiger partial charge >= 0.3 is 0 Å². The van der Waals surface area contributed by atoms with Crippen LogP contribution in [0.25, 0.3) is 0 Å². The zero-order valence-electron chi connectivity index (χ0n) is 14.9. The lowest BCUT2D eigenvalue weighted by Crippen LogP contribution is -2.38. The molecule has 1 saturated heterocycles. The first-order chi connectivity index (χ1) is 11.7. The van der Waals surface area contributed by atoms with Crippen molar-refractivity contribution < 1.29 is 18.0 Å². The zero-order valence-corrected chi connectivity index (χ0v) is 15.7. The summed E-state index contributed by atoms with van der Waals surface area (Å²) in [6, 6.07) is 7.20. The average molecular weight is 367 g/mol. The summed E-state index contributed by atoms with van der Waals surface area (Å²) < 4.78 is 22.9. The summed E-state index contributed by atoms with van der Waals surface area (Å²) in [5.74, 6) is -0.260. The number of nitrogens with one attached hydrogen (secondary N) is 1. The van der Waals surface area contributed by atoms with Crippen LogP contribution < -0.4 is 15.1 Å². The zero-order chi connectivity index (χ0) is 18.6. The molecule has 1 unspecified atom stereocenters. The molecule has 2 amide bonds. The van der Waals surface area contributed by atoms with Gasteiger partial charge < -0.3 is 15.1 Å². The Morgan fingerprint density at radius 1 is 1.16 bits per heavy atom. The lowest BCUT2D eigenvalue weighted by molar-refractivity contribution is -0.121. The van der Waals surface area contributed by atoms with Crippen LogP contribution in [0.2, 0.25) is 0 Å². The molecule has 0 aromatic heterocycles. The van der Waals surface area contributed by atoms with Crippen molar-refractivity contribution in [1.29, 1.82) is 0 Å². The summed E-state index contributed by atoms with van der Waals surface area (Å²) in [6.45, 7) is 1.71. The second-order valence-electron chi connectivity index (χ2n) is 6.50. The second-order valence-corrected chi connectivity index (χ2v) is 8.73. The number of carbonyl (C=O) groups is 2. The maximum Gasteiger partial charge on any atom is 0.223 e. The standard InChI is InChI=1S/C17H25N3O4S/c1-13(21)20(16-6-4-15(5-7-16)19(2)3)10-8-17(22)18-14-9-11-25(23,24)12-14/h4-7,14H,8-12H2,1-3H3,(H,18,22). The van der Waals surface area contributed by atoms with E-state index in [1.165, 1.54) is 6.92 Å². The predicted molar refractivity (Wildman–Crippen MR) is 98.6 cm³/mol. The van der Waals surface area contributed by atoms with Gasteiger partial charge in [0.2, 0.25) is 11.8 Å². The van der Waals surface area contributed by atoms with Crippen LogP contribution in [0.1, 0.15) is 19.8 Å². The van der Waals surface area contributed by atoms with E-state index in [1.54, 1.807) is 4.90 Å². The Hall–Kier alpha value is -2.09. The Bertz CT molecular complexity index is 729. The van der Waals surface area contributed by atoms with Crippen molar-refractivity contribution >= 4 is 33.0 Å². The molecule has 2 rings (SSSR count). The minimum absolute atomic E-state index is 0.00115. The fraction of sp³-hybridized carbons (Fsp3) is 0.529. The van der Waals surface area contributed by atoms with Gasteiger partial charge in [-0.1, -0.05) is 0 Å². The summed E-state index contributed by atoms with van der Waals surface area (Å²) in [5, 5.41) is 2.74. The van der Waals surface area contributed by atoms with E-state index in [0.29, 0.717) is 6.42 Å². The molecule has 0 radical (unpaired) electrons. The number of hydrogen-bond acceptors (Lipinski definition) is 5. The highest BCUT2D eigenvalue weighted by molar-refractivity contribution is 7.91. The number of sulfone groups is 1. The molecular weight excluding hydrogens is 342 g/mol. The van der Waals surface area contributed by atoms with Crippen molar-refractivity contribution in [3.63, 3.8) is 0 Å². The number of anilines is 2. The minimum Gasteiger partial charge on any atom is -0.378 e. The first-order valence-corrected chi connectivity index (χ1v) is 10.1. The second kappa shape index (κ2) is 7.86. The van der Waals surface area contributed by atoms with Crippen LogP contribution >= 0.6 is 0 Å². The van der Waals surface area contributed by atoms with Crippen LogP contribution in [0.3, 0.4) is 0 Å². The SMILES string of the molecule is CC(=O)N(CCC(=O)NC1CCS(=O)(=O)C1)c1ccc(N(C)C)cc1. The van der Waals surface area contributed by atoms with Gasteiger partial charge in [0.1, 0.15) is 0 Å². The van der Waals surface area contributed by atoms with Crippen LogP contribution in [0.4, 0.5) is 11.4 Å². The Kier molecular flexibility index (Phi) is 6.05. The third-order valence-electron chi connectivity index (χ3n) is 4.22. The topological polar surface area (TPSA) is 86.8 Å². The smallest absolute Gasteiger partial charge is 0.223 e. The maximum absolute atomic E-state index is 12.1. The van der Waals surface area contributed by atoms with Gasteiger partial charge in [-0.3, -0.25) is 9.59 Å². The number of benzene rings is 1. The summed E-state index contributed by atoms with van der Waals surface area (Å²) in [7, 11) is 0.848. The van der Waals surface area contributed by atoms with E-state index in [4.69, 9.17) is 0 Å². The molecule has 1 aliphatic rings. The molecule has 1 aromatic rings. The highest BCUT2D eigenvalue weighted by atomic mass is 32.2. The summed E-state index contributed by atoms with van der Waals surface area (Å²) >= 11 is 0. The van der Waals surface area contributed by atoms with Crippen molar-refractivity contribution in [3.05, 3.63) is 24.3 Å². The Morgan fingerprint density at radius 3 is 2.24 bits per heavy atom. The summed E-state index contributed by atoms with van der Waals surface area (Å²) in [5.41, 5.74) is 1.75. The molecule has 0 aliphatic carbocycles. The molecule has 1 atom stereocenters. The van der Waals surface area contributed by atoms with Crippen molar-refractivity contribution in [1.82, 2.24) is 5.32 Å². The van der Waals surface area contributed by atoms with Crippen molar-refractivity contribution in [3.8, 4) is 0 Å². The first-order valence-electron chi connectivity index (χ1n) is 8.23. The monoisotopic (exact) mass is 367 g/mol. The van der Waals surface area contributed by atoms with E-state index < -0.39 is 9.84 Å². The largest absolute Gasteiger partial charge is 0.378 e. The molecule has 1 fully saturated rings. The first kappa shape index (κ1) is 19.2. The Labute approximate surface area is 148 Å². The van der Waals surface area contributed by atoms with Crippen LogP contribution in [0.5, 0.6) is 0 Å². The van der Waals surface area contributed by atoms with Gasteiger partial charge in [0.05, 0.1) is 11.5 Å². The Balaban J connectivity index is 1.93. The fourth-order valence-electron chi connectivity index (χ4n) is 2.82. The van der Waals surface area contributed by atoms with Gasteiger partial charge in [-0.25, -0.2) is 8.42 Å². The molecule has 0 spiro atoms. The van der Waals surface area contributed by atoms with Gasteiger partial charge in [-0.05, 0) is 30.7 Å². The van der Waals surface area contributed by atoms with Gasteiger partial charge in [-0.2, -0.15) is 0 Å². The third-order valence-corrected chi connectivity index (χ3v) is 5.99. The van der Waals surface area contributed by atoms with Crippen LogP contribution in [0.15, 0.2) is 24.3 Å². The normalized spacial score (nSPS) is 18.6. The van der Waals surface area contributed by atoms with Crippen molar-refractivity contribution in [2.75, 3.05) is 41.9 Å². The molecule has 25 heavy (non-hydrogen) atoms.